The van der Waals surface area contributed by atoms with Gasteiger partial charge in [0.25, 0.3) is 0 Å². The van der Waals surface area contributed by atoms with E-state index in [2.05, 4.69) is 222 Å². The van der Waals surface area contributed by atoms with Crippen molar-refractivity contribution >= 4 is 64.6 Å². The first kappa shape index (κ1) is 37.9. The van der Waals surface area contributed by atoms with Gasteiger partial charge in [-0.1, -0.05) is 192 Å². The Hall–Kier alpha value is -8.32. The zero-order chi connectivity index (χ0) is 45.1. The molecule has 0 unspecified atom stereocenters. The molecule has 0 amide bonds. The second kappa shape index (κ2) is 13.6. The average molecular weight is 861 g/mol. The third-order valence-electron chi connectivity index (χ3n) is 15.8. The summed E-state index contributed by atoms with van der Waals surface area (Å²) in [5.41, 5.74) is 25.8. The van der Waals surface area contributed by atoms with Gasteiger partial charge in [-0.05, 0) is 206 Å². The van der Waals surface area contributed by atoms with Crippen molar-refractivity contribution in [3.63, 3.8) is 0 Å². The molecule has 0 spiro atoms. The summed E-state index contributed by atoms with van der Waals surface area (Å²) in [5, 5.41) is 16.0. The molecule has 0 heterocycles. The molecule has 0 bridgehead atoms. The summed E-state index contributed by atoms with van der Waals surface area (Å²) >= 11 is 0. The van der Waals surface area contributed by atoms with Crippen molar-refractivity contribution < 1.29 is 0 Å². The second-order valence-electron chi connectivity index (χ2n) is 19.8. The van der Waals surface area contributed by atoms with Crippen LogP contribution < -0.4 is 0 Å². The average Bonchev–Trinajstić information content (AvgIpc) is 3.86. The molecule has 0 heteroatoms. The Labute approximate surface area is 395 Å². The third kappa shape index (κ3) is 5.15. The van der Waals surface area contributed by atoms with Crippen molar-refractivity contribution in [2.24, 2.45) is 0 Å². The molecule has 0 nitrogen and oxygen atoms in total. The van der Waals surface area contributed by atoms with Crippen molar-refractivity contribution in [1.29, 1.82) is 0 Å². The van der Waals surface area contributed by atoms with E-state index in [0.29, 0.717) is 0 Å². The Morgan fingerprint density at radius 1 is 0.162 bits per heavy atom. The molecular weight excluding hydrogens is 817 g/mol. The predicted molar refractivity (Wildman–Crippen MR) is 292 cm³/mol. The summed E-state index contributed by atoms with van der Waals surface area (Å²) < 4.78 is 0. The normalized spacial score (nSPS) is 12.4. The summed E-state index contributed by atoms with van der Waals surface area (Å²) in [7, 11) is 0. The summed E-state index contributed by atoms with van der Waals surface area (Å²) in [6.07, 6.45) is 0. The Morgan fingerprint density at radius 3 is 0.588 bits per heavy atom. The molecule has 13 aromatic carbocycles. The lowest BCUT2D eigenvalue weighted by Crippen LogP contribution is -1.89. The van der Waals surface area contributed by atoms with Gasteiger partial charge >= 0.3 is 0 Å². The highest BCUT2D eigenvalue weighted by atomic mass is 14.3. The number of fused-ring (bicyclic) bond motifs is 10. The minimum atomic E-state index is 1.25. The van der Waals surface area contributed by atoms with Crippen LogP contribution in [0.2, 0.25) is 0 Å². The van der Waals surface area contributed by atoms with Crippen LogP contribution in [0.5, 0.6) is 0 Å². The first-order chi connectivity index (χ1) is 33.3. The van der Waals surface area contributed by atoms with Crippen LogP contribution in [0.4, 0.5) is 0 Å². The van der Waals surface area contributed by atoms with Crippen LogP contribution in [-0.2, 0) is 0 Å². The summed E-state index contributed by atoms with van der Waals surface area (Å²) in [6.45, 7) is 8.66. The quantitative estimate of drug-likeness (QED) is 0.122. The second-order valence-corrected chi connectivity index (χ2v) is 19.8. The van der Waals surface area contributed by atoms with Gasteiger partial charge in [-0.15, -0.1) is 0 Å². The van der Waals surface area contributed by atoms with Crippen LogP contribution in [0.15, 0.2) is 194 Å². The topological polar surface area (TPSA) is 0 Å². The standard InChI is InChI=1S/C68H44/c1-37-5-13-41(14-6-37)45-21-22-46(42-15-7-38(2)8-16-42)58-34-62-54-30-26-50-52-28-32-56-64-36-60-48(44-19-11-40(4)12-20-44)24-23-47(43-17-9-39(3)10-18-43)59(60)35-63(64)55-31-27-51(66(52)68(55)56)49-25-29-53(67(54)65(49)50)61(62)33-57(45)58/h5-36H,1-4H3. The highest BCUT2D eigenvalue weighted by Crippen LogP contribution is 2.57. The van der Waals surface area contributed by atoms with Gasteiger partial charge in [0.15, 0.2) is 0 Å². The molecule has 0 fully saturated rings. The molecule has 13 aromatic rings. The van der Waals surface area contributed by atoms with Crippen LogP contribution in [0.25, 0.3) is 154 Å². The van der Waals surface area contributed by atoms with Gasteiger partial charge in [0.05, 0.1) is 0 Å². The minimum Gasteiger partial charge on any atom is -0.0587 e. The molecule has 0 aliphatic heterocycles. The minimum absolute atomic E-state index is 1.25. The molecule has 2 aliphatic rings. The lowest BCUT2D eigenvalue weighted by atomic mass is 9.86. The summed E-state index contributed by atoms with van der Waals surface area (Å²) in [5.74, 6) is 0. The fraction of sp³-hybridized carbons (Fsp3) is 0.0588. The monoisotopic (exact) mass is 860 g/mol. The molecule has 0 saturated heterocycles. The van der Waals surface area contributed by atoms with E-state index in [1.54, 1.807) is 0 Å². The van der Waals surface area contributed by atoms with Crippen LogP contribution >= 0.6 is 0 Å². The molecule has 68 heavy (non-hydrogen) atoms. The fourth-order valence-electron chi connectivity index (χ4n) is 12.4. The number of rotatable bonds is 4. The van der Waals surface area contributed by atoms with E-state index in [4.69, 9.17) is 0 Å². The van der Waals surface area contributed by atoms with Crippen molar-refractivity contribution in [3.05, 3.63) is 216 Å². The van der Waals surface area contributed by atoms with Crippen LogP contribution in [0.1, 0.15) is 22.3 Å². The maximum atomic E-state index is 2.50. The van der Waals surface area contributed by atoms with Crippen LogP contribution in [0, 0.1) is 27.7 Å². The first-order valence-electron chi connectivity index (χ1n) is 24.1. The number of hydrogen-bond acceptors (Lipinski definition) is 0. The maximum Gasteiger partial charge on any atom is -0.00139 e. The van der Waals surface area contributed by atoms with Gasteiger partial charge in [-0.25, -0.2) is 0 Å². The Morgan fingerprint density at radius 2 is 0.368 bits per heavy atom. The van der Waals surface area contributed by atoms with E-state index in [0.717, 1.165) is 0 Å². The number of benzene rings is 13. The molecule has 0 atom stereocenters. The van der Waals surface area contributed by atoms with Gasteiger partial charge in [-0.2, -0.15) is 0 Å². The Bertz CT molecular complexity index is 3780. The molecule has 0 aromatic heterocycles. The summed E-state index contributed by atoms with van der Waals surface area (Å²) in [4.78, 5) is 0. The number of hydrogen-bond donors (Lipinski definition) is 0. The SMILES string of the molecule is Cc1ccc(-c2ccc(-c3ccc(C)cc3)c3cc4c(cc23)-c2ccc3c5ccc6c7c(ccc(c8ccc-4c2c38)c75)-c2cc3c(-c4ccc(C)cc4)ccc(-c4ccc(C)cc4)c3cc2-6)cc1. The molecule has 0 saturated carbocycles. The largest absolute Gasteiger partial charge is 0.0587 e. The summed E-state index contributed by atoms with van der Waals surface area (Å²) in [6, 6.07) is 74.9. The smallest absolute Gasteiger partial charge is 0.00139 e. The van der Waals surface area contributed by atoms with Crippen molar-refractivity contribution in [2.45, 2.75) is 27.7 Å². The highest BCUT2D eigenvalue weighted by Gasteiger charge is 2.30. The van der Waals surface area contributed by atoms with Crippen LogP contribution in [-0.4, -0.2) is 0 Å². The van der Waals surface area contributed by atoms with Gasteiger partial charge in [0.1, 0.15) is 0 Å². The Kier molecular flexibility index (Phi) is 7.59. The van der Waals surface area contributed by atoms with Crippen molar-refractivity contribution in [3.8, 4) is 89.0 Å². The van der Waals surface area contributed by atoms with Crippen molar-refractivity contribution in [2.75, 3.05) is 0 Å². The molecule has 316 valence electrons. The van der Waals surface area contributed by atoms with E-state index >= 15 is 0 Å². The van der Waals surface area contributed by atoms with Gasteiger partial charge < -0.3 is 0 Å². The fourth-order valence-corrected chi connectivity index (χ4v) is 12.4. The van der Waals surface area contributed by atoms with Crippen molar-refractivity contribution in [1.82, 2.24) is 0 Å². The first-order valence-corrected chi connectivity index (χ1v) is 24.1. The molecule has 0 N–H and O–H groups in total. The Balaban J connectivity index is 0.963. The maximum absolute atomic E-state index is 2.50. The zero-order valence-corrected chi connectivity index (χ0v) is 38.5. The zero-order valence-electron chi connectivity index (χ0n) is 38.5. The van der Waals surface area contributed by atoms with Gasteiger partial charge in [-0.3, -0.25) is 0 Å². The molecular formula is C68H44. The number of aryl methyl sites for hydroxylation is 4. The van der Waals surface area contributed by atoms with E-state index in [1.807, 2.05) is 0 Å². The lowest BCUT2D eigenvalue weighted by molar-refractivity contribution is 1.47. The lowest BCUT2D eigenvalue weighted by Gasteiger charge is -2.16. The molecule has 2 aliphatic carbocycles. The van der Waals surface area contributed by atoms with E-state index in [9.17, 15) is 0 Å². The molecule has 15 rings (SSSR count). The van der Waals surface area contributed by atoms with Crippen LogP contribution in [0.3, 0.4) is 0 Å². The van der Waals surface area contributed by atoms with Gasteiger partial charge in [0.2, 0.25) is 0 Å². The predicted octanol–water partition coefficient (Wildman–Crippen LogP) is 19.2. The van der Waals surface area contributed by atoms with E-state index in [1.165, 1.54) is 176 Å². The molecule has 0 radical (unpaired) electrons. The third-order valence-corrected chi connectivity index (χ3v) is 15.8. The van der Waals surface area contributed by atoms with E-state index in [-0.39, 0.29) is 0 Å². The van der Waals surface area contributed by atoms with E-state index < -0.39 is 0 Å². The van der Waals surface area contributed by atoms with Gasteiger partial charge in [0, 0.05) is 0 Å². The highest BCUT2D eigenvalue weighted by molar-refractivity contribution is 6.40.